The van der Waals surface area contributed by atoms with Crippen LogP contribution in [0.5, 0.6) is 0 Å². The molecule has 0 aliphatic rings. The number of ether oxygens (including phenoxy) is 1. The number of nitro groups is 1. The second-order valence-corrected chi connectivity index (χ2v) is 7.39. The van der Waals surface area contributed by atoms with E-state index < -0.39 is 20.9 Å². The molecule has 0 unspecified atom stereocenters. The molecule has 0 aromatic heterocycles. The van der Waals surface area contributed by atoms with Gasteiger partial charge in [-0.1, -0.05) is 12.1 Å². The van der Waals surface area contributed by atoms with E-state index in [1.54, 1.807) is 26.0 Å². The molecular weight excluding hydrogens is 360 g/mol. The first-order valence-corrected chi connectivity index (χ1v) is 9.06. The number of esters is 1. The number of hydrogen-bond donors (Lipinski definition) is 1. The number of carbonyl (C=O) groups excluding carboxylic acids is 1. The number of nitrogens with one attached hydrogen (secondary N) is 1. The maximum atomic E-state index is 12.6. The van der Waals surface area contributed by atoms with Gasteiger partial charge in [-0.2, -0.15) is 0 Å². The molecule has 2 rings (SSSR count). The van der Waals surface area contributed by atoms with E-state index in [-0.39, 0.29) is 17.1 Å². The molecule has 2 aromatic rings. The molecule has 0 radical (unpaired) electrons. The Hall–Kier alpha value is -2.78. The van der Waals surface area contributed by atoms with Gasteiger partial charge in [0.15, 0.2) is 0 Å². The molecule has 8 nitrogen and oxygen atoms in total. The highest BCUT2D eigenvalue weighted by atomic mass is 32.2. The summed E-state index contributed by atoms with van der Waals surface area (Å²) < 4.78 is 32.2. The van der Waals surface area contributed by atoms with E-state index in [1.807, 2.05) is 0 Å². The topological polar surface area (TPSA) is 116 Å². The van der Waals surface area contributed by atoms with Gasteiger partial charge >= 0.3 is 5.97 Å². The molecule has 2 aromatic carbocycles. The Morgan fingerprint density at radius 2 is 1.81 bits per heavy atom. The van der Waals surface area contributed by atoms with Crippen LogP contribution in [-0.4, -0.2) is 26.4 Å². The third kappa shape index (κ3) is 4.24. The van der Waals surface area contributed by atoms with Crippen molar-refractivity contribution in [1.29, 1.82) is 0 Å². The number of carbonyl (C=O) groups is 1. The van der Waals surface area contributed by atoms with Gasteiger partial charge in [-0.25, -0.2) is 17.9 Å². The molecule has 0 spiro atoms. The van der Waals surface area contributed by atoms with Gasteiger partial charge in [0.25, 0.3) is 5.69 Å². The van der Waals surface area contributed by atoms with E-state index in [0.29, 0.717) is 22.3 Å². The molecule has 9 heteroatoms. The fraction of sp³-hybridized carbons (Fsp3) is 0.235. The molecule has 0 saturated carbocycles. The minimum absolute atomic E-state index is 0.0229. The highest BCUT2D eigenvalue weighted by molar-refractivity contribution is 7.89. The van der Waals surface area contributed by atoms with Crippen LogP contribution in [0.1, 0.15) is 27.0 Å². The normalized spacial score (nSPS) is 11.2. The van der Waals surface area contributed by atoms with Gasteiger partial charge < -0.3 is 4.74 Å². The summed E-state index contributed by atoms with van der Waals surface area (Å²) in [6, 6.07) is 8.63. The third-order valence-corrected chi connectivity index (χ3v) is 5.47. The highest BCUT2D eigenvalue weighted by Crippen LogP contribution is 2.25. The van der Waals surface area contributed by atoms with Crippen molar-refractivity contribution in [3.05, 3.63) is 68.8 Å². The Morgan fingerprint density at radius 3 is 2.35 bits per heavy atom. The smallest absolute Gasteiger partial charge is 0.337 e. The average Bonchev–Trinajstić information content (AvgIpc) is 2.61. The van der Waals surface area contributed by atoms with Crippen molar-refractivity contribution >= 4 is 21.7 Å². The van der Waals surface area contributed by atoms with E-state index in [1.165, 1.54) is 25.3 Å². The first kappa shape index (κ1) is 19.5. The fourth-order valence-corrected chi connectivity index (χ4v) is 3.68. The monoisotopic (exact) mass is 378 g/mol. The number of sulfonamides is 1. The molecule has 0 aliphatic heterocycles. The van der Waals surface area contributed by atoms with Crippen LogP contribution in [-0.2, 0) is 21.3 Å². The molecule has 0 amide bonds. The van der Waals surface area contributed by atoms with Crippen LogP contribution in [0, 0.1) is 24.0 Å². The zero-order chi connectivity index (χ0) is 19.5. The predicted octanol–water partition coefficient (Wildman–Crippen LogP) is 2.48. The number of non-ortho nitro benzene ring substituents is 1. The van der Waals surface area contributed by atoms with Crippen LogP contribution in [0.2, 0.25) is 0 Å². The lowest BCUT2D eigenvalue weighted by atomic mass is 10.1. The van der Waals surface area contributed by atoms with E-state index in [4.69, 9.17) is 0 Å². The highest BCUT2D eigenvalue weighted by Gasteiger charge is 2.22. The summed E-state index contributed by atoms with van der Waals surface area (Å²) in [5.74, 6) is -0.486. The number of nitro benzene ring substituents is 1. The van der Waals surface area contributed by atoms with Crippen molar-refractivity contribution in [3.63, 3.8) is 0 Å². The van der Waals surface area contributed by atoms with Crippen molar-refractivity contribution < 1.29 is 22.9 Å². The summed E-state index contributed by atoms with van der Waals surface area (Å²) in [5.41, 5.74) is 1.66. The zero-order valence-electron chi connectivity index (χ0n) is 14.5. The van der Waals surface area contributed by atoms with E-state index in [0.717, 1.165) is 6.07 Å². The van der Waals surface area contributed by atoms with Gasteiger partial charge in [0.2, 0.25) is 10.0 Å². The van der Waals surface area contributed by atoms with Crippen LogP contribution < -0.4 is 4.72 Å². The Morgan fingerprint density at radius 1 is 1.19 bits per heavy atom. The largest absolute Gasteiger partial charge is 0.465 e. The van der Waals surface area contributed by atoms with Gasteiger partial charge in [-0.15, -0.1) is 0 Å². The van der Waals surface area contributed by atoms with Gasteiger partial charge in [-0.05, 0) is 42.7 Å². The second-order valence-electron chi connectivity index (χ2n) is 5.66. The predicted molar refractivity (Wildman–Crippen MR) is 94.4 cm³/mol. The summed E-state index contributed by atoms with van der Waals surface area (Å²) in [7, 11) is -2.67. The number of aryl methyl sites for hydroxylation is 1. The lowest BCUT2D eigenvalue weighted by molar-refractivity contribution is -0.385. The Kier molecular flexibility index (Phi) is 5.73. The molecular formula is C17H18N2O6S. The van der Waals surface area contributed by atoms with Crippen LogP contribution in [0.15, 0.2) is 41.3 Å². The molecule has 0 saturated heterocycles. The van der Waals surface area contributed by atoms with Crippen LogP contribution in [0.4, 0.5) is 5.69 Å². The Bertz CT molecular complexity index is 952. The van der Waals surface area contributed by atoms with Crippen molar-refractivity contribution in [2.45, 2.75) is 25.3 Å². The fourth-order valence-electron chi connectivity index (χ4n) is 2.33. The number of methoxy groups -OCH3 is 1. The quantitative estimate of drug-likeness (QED) is 0.469. The van der Waals surface area contributed by atoms with Gasteiger partial charge in [0.05, 0.1) is 22.5 Å². The van der Waals surface area contributed by atoms with Crippen LogP contribution >= 0.6 is 0 Å². The molecule has 0 heterocycles. The summed E-state index contributed by atoms with van der Waals surface area (Å²) >= 11 is 0. The summed E-state index contributed by atoms with van der Waals surface area (Å²) in [5, 5.41) is 11.0. The lowest BCUT2D eigenvalue weighted by Gasteiger charge is -2.11. The second kappa shape index (κ2) is 7.63. The summed E-state index contributed by atoms with van der Waals surface area (Å²) in [6.07, 6.45) is 0. The van der Waals surface area contributed by atoms with E-state index >= 15 is 0 Å². The minimum Gasteiger partial charge on any atom is -0.465 e. The maximum absolute atomic E-state index is 12.6. The molecule has 0 aliphatic carbocycles. The van der Waals surface area contributed by atoms with Gasteiger partial charge in [0, 0.05) is 18.7 Å². The molecule has 0 bridgehead atoms. The number of rotatable bonds is 6. The first-order chi connectivity index (χ1) is 12.2. The minimum atomic E-state index is -3.94. The third-order valence-electron chi connectivity index (χ3n) is 3.95. The van der Waals surface area contributed by atoms with Gasteiger partial charge in [0.1, 0.15) is 0 Å². The molecule has 0 atom stereocenters. The number of benzene rings is 2. The molecule has 1 N–H and O–H groups in total. The average molecular weight is 378 g/mol. The van der Waals surface area contributed by atoms with Crippen molar-refractivity contribution in [3.8, 4) is 0 Å². The maximum Gasteiger partial charge on any atom is 0.337 e. The molecule has 26 heavy (non-hydrogen) atoms. The first-order valence-electron chi connectivity index (χ1n) is 7.58. The van der Waals surface area contributed by atoms with E-state index in [2.05, 4.69) is 9.46 Å². The zero-order valence-corrected chi connectivity index (χ0v) is 15.3. The molecule has 138 valence electrons. The SMILES string of the molecule is COC(=O)c1ccc(CNS(=O)(=O)c2cc([N+](=O)[O-])cc(C)c2C)cc1. The Labute approximate surface area is 151 Å². The Balaban J connectivity index is 2.24. The van der Waals surface area contributed by atoms with E-state index in [9.17, 15) is 23.3 Å². The summed E-state index contributed by atoms with van der Waals surface area (Å²) in [4.78, 5) is 21.6. The number of hydrogen-bond acceptors (Lipinski definition) is 6. The summed E-state index contributed by atoms with van der Waals surface area (Å²) in [6.45, 7) is 3.19. The standard InChI is InChI=1S/C17H18N2O6S/c1-11-8-15(19(21)22)9-16(12(11)2)26(23,24)18-10-13-4-6-14(7-5-13)17(20)25-3/h4-9,18H,10H2,1-3H3. The van der Waals surface area contributed by atoms with Crippen molar-refractivity contribution in [1.82, 2.24) is 4.72 Å². The molecule has 0 fully saturated rings. The van der Waals surface area contributed by atoms with Gasteiger partial charge in [-0.3, -0.25) is 10.1 Å². The lowest BCUT2D eigenvalue weighted by Crippen LogP contribution is -2.24. The van der Waals surface area contributed by atoms with Crippen molar-refractivity contribution in [2.24, 2.45) is 0 Å². The number of nitrogens with zero attached hydrogens (tertiary/aromatic N) is 1. The van der Waals surface area contributed by atoms with Crippen LogP contribution in [0.25, 0.3) is 0 Å². The van der Waals surface area contributed by atoms with Crippen molar-refractivity contribution in [2.75, 3.05) is 7.11 Å². The van der Waals surface area contributed by atoms with Crippen LogP contribution in [0.3, 0.4) is 0 Å².